The van der Waals surface area contributed by atoms with E-state index in [4.69, 9.17) is 0 Å². The highest BCUT2D eigenvalue weighted by molar-refractivity contribution is 7.17. The lowest BCUT2D eigenvalue weighted by molar-refractivity contribution is -0.117. The van der Waals surface area contributed by atoms with Crippen LogP contribution >= 0.6 is 11.3 Å². The Kier molecular flexibility index (Phi) is 4.84. The Morgan fingerprint density at radius 1 is 1.24 bits per heavy atom. The second-order valence-electron chi connectivity index (χ2n) is 5.78. The Bertz CT molecular complexity index is 940. The average Bonchev–Trinajstić information content (AvgIpc) is 2.95. The molecule has 2 amide bonds. The topological polar surface area (TPSA) is 113 Å². The lowest BCUT2D eigenvalue weighted by Gasteiger charge is -2.12. The molecule has 2 heterocycles. The number of rotatable bonds is 4. The van der Waals surface area contributed by atoms with Gasteiger partial charge >= 0.3 is 0 Å². The van der Waals surface area contributed by atoms with Gasteiger partial charge in [0.2, 0.25) is 5.91 Å². The van der Waals surface area contributed by atoms with Gasteiger partial charge in [0.1, 0.15) is 11.5 Å². The second-order valence-corrected chi connectivity index (χ2v) is 6.88. The van der Waals surface area contributed by atoms with E-state index in [1.165, 1.54) is 11.3 Å². The number of hydrogen-bond donors (Lipinski definition) is 3. The number of fused-ring (bicyclic) bond motifs is 1. The molecular formula is C16H18N4O4S. The van der Waals surface area contributed by atoms with Crippen LogP contribution in [-0.4, -0.2) is 28.6 Å². The first kappa shape index (κ1) is 17.2. The van der Waals surface area contributed by atoms with Crippen molar-refractivity contribution in [1.82, 2.24) is 15.1 Å². The van der Waals surface area contributed by atoms with Crippen molar-refractivity contribution in [2.75, 3.05) is 12.4 Å². The normalized spacial score (nSPS) is 13.2. The number of aromatic amines is 1. The third-order valence-electron chi connectivity index (χ3n) is 4.07. The van der Waals surface area contributed by atoms with Crippen LogP contribution in [0.25, 0.3) is 0 Å². The van der Waals surface area contributed by atoms with Gasteiger partial charge in [-0.1, -0.05) is 0 Å². The molecule has 1 aliphatic carbocycles. The Balaban J connectivity index is 1.87. The number of aromatic nitrogens is 2. The van der Waals surface area contributed by atoms with Crippen molar-refractivity contribution >= 4 is 28.2 Å². The van der Waals surface area contributed by atoms with Gasteiger partial charge < -0.3 is 10.6 Å². The van der Waals surface area contributed by atoms with E-state index in [-0.39, 0.29) is 12.5 Å². The summed E-state index contributed by atoms with van der Waals surface area (Å²) in [6, 6.07) is 2.21. The average molecular weight is 362 g/mol. The van der Waals surface area contributed by atoms with Crippen molar-refractivity contribution in [2.24, 2.45) is 0 Å². The molecule has 2 aromatic rings. The number of thiophene rings is 1. The molecule has 0 atom stereocenters. The molecule has 3 rings (SSSR count). The molecule has 0 aromatic carbocycles. The van der Waals surface area contributed by atoms with Crippen LogP contribution in [0.2, 0.25) is 0 Å². The second kappa shape index (κ2) is 7.06. The van der Waals surface area contributed by atoms with Gasteiger partial charge in [-0.2, -0.15) is 0 Å². The molecule has 0 unspecified atom stereocenters. The standard InChI is InChI=1S/C16H18N4O4S/c1-17-15(24)14-9-4-2-3-5-10(9)25-16(14)18-12(22)8-20-13(23)7-6-11(21)19-20/h6-7H,2-5,8H2,1H3,(H,17,24)(H,18,22)(H,19,21). The van der Waals surface area contributed by atoms with Gasteiger partial charge in [-0.3, -0.25) is 24.3 Å². The van der Waals surface area contributed by atoms with E-state index >= 15 is 0 Å². The monoisotopic (exact) mass is 362 g/mol. The summed E-state index contributed by atoms with van der Waals surface area (Å²) in [6.07, 6.45) is 3.79. The summed E-state index contributed by atoms with van der Waals surface area (Å²) in [5.41, 5.74) is 0.553. The maximum absolute atomic E-state index is 12.3. The van der Waals surface area contributed by atoms with Crippen LogP contribution in [0, 0.1) is 0 Å². The summed E-state index contributed by atoms with van der Waals surface area (Å²) < 4.78 is 0.935. The number of carbonyl (C=O) groups is 2. The number of carbonyl (C=O) groups excluding carboxylic acids is 2. The Morgan fingerprint density at radius 3 is 2.76 bits per heavy atom. The molecule has 0 radical (unpaired) electrons. The first-order valence-corrected chi connectivity index (χ1v) is 8.78. The number of hydrogen-bond acceptors (Lipinski definition) is 5. The molecule has 0 bridgehead atoms. The van der Waals surface area contributed by atoms with Crippen molar-refractivity contribution in [3.05, 3.63) is 48.8 Å². The van der Waals surface area contributed by atoms with Crippen LogP contribution in [0.15, 0.2) is 21.7 Å². The molecule has 0 saturated carbocycles. The summed E-state index contributed by atoms with van der Waals surface area (Å²) in [7, 11) is 1.55. The molecule has 1 aliphatic rings. The van der Waals surface area contributed by atoms with Crippen LogP contribution in [-0.2, 0) is 24.2 Å². The Hall–Kier alpha value is -2.68. The van der Waals surface area contributed by atoms with Gasteiger partial charge in [0, 0.05) is 24.1 Å². The Morgan fingerprint density at radius 2 is 2.00 bits per heavy atom. The molecular weight excluding hydrogens is 344 g/mol. The van der Waals surface area contributed by atoms with E-state index in [0.29, 0.717) is 10.6 Å². The predicted octanol–water partition coefficient (Wildman–Crippen LogP) is 0.475. The van der Waals surface area contributed by atoms with Crippen molar-refractivity contribution < 1.29 is 9.59 Å². The number of amides is 2. The van der Waals surface area contributed by atoms with Crippen LogP contribution < -0.4 is 21.8 Å². The highest BCUT2D eigenvalue weighted by atomic mass is 32.1. The SMILES string of the molecule is CNC(=O)c1c(NC(=O)Cn2[nH]c(=O)ccc2=O)sc2c1CCCC2. The molecule has 0 aliphatic heterocycles. The number of anilines is 1. The van der Waals surface area contributed by atoms with Crippen molar-refractivity contribution in [1.29, 1.82) is 0 Å². The number of aryl methyl sites for hydroxylation is 1. The molecule has 0 saturated heterocycles. The molecule has 2 aromatic heterocycles. The summed E-state index contributed by atoms with van der Waals surface area (Å²) >= 11 is 1.40. The summed E-state index contributed by atoms with van der Waals surface area (Å²) in [6.45, 7) is -0.329. The van der Waals surface area contributed by atoms with Gasteiger partial charge in [0.15, 0.2) is 0 Å². The largest absolute Gasteiger partial charge is 0.355 e. The van der Waals surface area contributed by atoms with Crippen molar-refractivity contribution in [3.8, 4) is 0 Å². The van der Waals surface area contributed by atoms with Crippen LogP contribution in [0.1, 0.15) is 33.6 Å². The minimum absolute atomic E-state index is 0.236. The summed E-state index contributed by atoms with van der Waals surface area (Å²) in [5.74, 6) is -0.715. The zero-order valence-electron chi connectivity index (χ0n) is 13.7. The van der Waals surface area contributed by atoms with E-state index in [1.54, 1.807) is 7.05 Å². The summed E-state index contributed by atoms with van der Waals surface area (Å²) in [4.78, 5) is 48.7. The highest BCUT2D eigenvalue weighted by Crippen LogP contribution is 2.38. The van der Waals surface area contributed by atoms with E-state index in [0.717, 1.165) is 52.9 Å². The molecule has 25 heavy (non-hydrogen) atoms. The van der Waals surface area contributed by atoms with E-state index in [1.807, 2.05) is 0 Å². The lowest BCUT2D eigenvalue weighted by atomic mass is 9.95. The first-order valence-electron chi connectivity index (χ1n) is 7.96. The fourth-order valence-corrected chi connectivity index (χ4v) is 4.21. The molecule has 8 nitrogen and oxygen atoms in total. The van der Waals surface area contributed by atoms with Gasteiger partial charge in [0.05, 0.1) is 5.56 Å². The molecule has 0 fully saturated rings. The number of H-pyrrole nitrogens is 1. The fourth-order valence-electron chi connectivity index (χ4n) is 2.91. The zero-order valence-corrected chi connectivity index (χ0v) is 14.5. The molecule has 9 heteroatoms. The number of nitrogens with zero attached hydrogens (tertiary/aromatic N) is 1. The van der Waals surface area contributed by atoms with Crippen molar-refractivity contribution in [2.45, 2.75) is 32.2 Å². The quantitative estimate of drug-likeness (QED) is 0.734. The smallest absolute Gasteiger partial charge is 0.265 e. The fraction of sp³-hybridized carbons (Fsp3) is 0.375. The minimum atomic E-state index is -0.480. The first-order chi connectivity index (χ1) is 12.0. The molecule has 0 spiro atoms. The maximum atomic E-state index is 12.3. The minimum Gasteiger partial charge on any atom is -0.355 e. The third-order valence-corrected chi connectivity index (χ3v) is 5.28. The lowest BCUT2D eigenvalue weighted by Crippen LogP contribution is -2.33. The molecule has 132 valence electrons. The van der Waals surface area contributed by atoms with Gasteiger partial charge in [-0.25, -0.2) is 4.68 Å². The van der Waals surface area contributed by atoms with Crippen LogP contribution in [0.5, 0.6) is 0 Å². The van der Waals surface area contributed by atoms with Gasteiger partial charge in [0.25, 0.3) is 17.0 Å². The van der Waals surface area contributed by atoms with E-state index < -0.39 is 17.0 Å². The number of nitrogens with one attached hydrogen (secondary N) is 3. The highest BCUT2D eigenvalue weighted by Gasteiger charge is 2.25. The van der Waals surface area contributed by atoms with Crippen LogP contribution in [0.4, 0.5) is 5.00 Å². The predicted molar refractivity (Wildman–Crippen MR) is 94.3 cm³/mol. The van der Waals surface area contributed by atoms with Gasteiger partial charge in [-0.05, 0) is 31.2 Å². The van der Waals surface area contributed by atoms with Crippen LogP contribution in [0.3, 0.4) is 0 Å². The van der Waals surface area contributed by atoms with E-state index in [2.05, 4.69) is 15.7 Å². The van der Waals surface area contributed by atoms with Crippen molar-refractivity contribution in [3.63, 3.8) is 0 Å². The van der Waals surface area contributed by atoms with E-state index in [9.17, 15) is 19.2 Å². The maximum Gasteiger partial charge on any atom is 0.265 e. The third kappa shape index (κ3) is 3.55. The summed E-state index contributed by atoms with van der Waals surface area (Å²) in [5, 5.41) is 8.12. The van der Waals surface area contributed by atoms with Gasteiger partial charge in [-0.15, -0.1) is 11.3 Å². The Labute approximate surface area is 146 Å². The zero-order chi connectivity index (χ0) is 18.0. The molecule has 3 N–H and O–H groups in total.